The number of rotatable bonds is 7. The van der Waals surface area contributed by atoms with Gasteiger partial charge in [0.15, 0.2) is 12.2 Å². The molecule has 2 aliphatic rings. The zero-order chi connectivity index (χ0) is 23.5. The lowest BCUT2D eigenvalue weighted by atomic mass is 9.94. The maximum absolute atomic E-state index is 12.8. The predicted molar refractivity (Wildman–Crippen MR) is 121 cm³/mol. The molecule has 0 radical (unpaired) electrons. The van der Waals surface area contributed by atoms with Gasteiger partial charge < -0.3 is 25.3 Å². The molecule has 2 aliphatic heterocycles. The predicted octanol–water partition coefficient (Wildman–Crippen LogP) is 0.691. The number of hydrogen-bond acceptors (Lipinski definition) is 5. The van der Waals surface area contributed by atoms with E-state index in [4.69, 9.17) is 0 Å². The third-order valence-electron chi connectivity index (χ3n) is 6.52. The molecule has 3 N–H and O–H groups in total. The molecule has 2 aromatic rings. The van der Waals surface area contributed by atoms with Crippen molar-refractivity contribution >= 4 is 17.7 Å². The van der Waals surface area contributed by atoms with Crippen LogP contribution in [0.15, 0.2) is 48.5 Å². The minimum absolute atomic E-state index is 0.0166. The average Bonchev–Trinajstić information content (AvgIpc) is 3.41. The molecule has 33 heavy (non-hydrogen) atoms. The Labute approximate surface area is 192 Å². The number of amides is 3. The maximum Gasteiger partial charge on any atom is 0.255 e. The van der Waals surface area contributed by atoms with Crippen molar-refractivity contribution in [2.24, 2.45) is 0 Å². The molecule has 0 aliphatic carbocycles. The normalized spacial score (nSPS) is 19.4. The zero-order valence-electron chi connectivity index (χ0n) is 18.6. The van der Waals surface area contributed by atoms with Crippen LogP contribution in [0.3, 0.4) is 0 Å². The number of aliphatic hydroxyl groups is 2. The third-order valence-corrected chi connectivity index (χ3v) is 6.52. The molecule has 0 saturated carbocycles. The van der Waals surface area contributed by atoms with E-state index in [1.165, 1.54) is 4.90 Å². The minimum atomic E-state index is -1.88. The molecule has 4 rings (SSSR count). The number of nitrogens with zero attached hydrogens (tertiary/aromatic N) is 2. The van der Waals surface area contributed by atoms with Crippen molar-refractivity contribution in [3.05, 3.63) is 70.8 Å². The Balaban J connectivity index is 1.25. The summed E-state index contributed by atoms with van der Waals surface area (Å²) in [7, 11) is 0. The minimum Gasteiger partial charge on any atom is -0.380 e. The summed E-state index contributed by atoms with van der Waals surface area (Å²) in [6.07, 6.45) is -3.01. The van der Waals surface area contributed by atoms with Crippen LogP contribution < -0.4 is 5.32 Å². The van der Waals surface area contributed by atoms with E-state index >= 15 is 0 Å². The molecule has 2 aromatic carbocycles. The first kappa shape index (κ1) is 22.9. The van der Waals surface area contributed by atoms with Gasteiger partial charge in [0, 0.05) is 32.7 Å². The Morgan fingerprint density at radius 3 is 2.33 bits per heavy atom. The Kier molecular flexibility index (Phi) is 6.76. The largest absolute Gasteiger partial charge is 0.380 e. The highest BCUT2D eigenvalue weighted by Gasteiger charge is 2.36. The van der Waals surface area contributed by atoms with Crippen LogP contribution in [-0.2, 0) is 27.5 Å². The first-order valence-electron chi connectivity index (χ1n) is 11.2. The van der Waals surface area contributed by atoms with Gasteiger partial charge in [-0.3, -0.25) is 14.4 Å². The number of hydrogen-bond donors (Lipinski definition) is 3. The van der Waals surface area contributed by atoms with Crippen LogP contribution in [-0.4, -0.2) is 69.6 Å². The standard InChI is InChI=1S/C25H29N3O5/c1-16-6-2-5-9-19(16)20-10-12-27(24(20)32)13-11-26-23(31)21(29)22(30)25(33)28-14-17-7-3-4-8-18(17)15-28/h2-9,20-22,29-30H,10-15H2,1H3,(H,26,31)/t20?,21-,22-/m1/s1. The number of likely N-dealkylation sites (tertiary alicyclic amines) is 1. The van der Waals surface area contributed by atoms with E-state index in [9.17, 15) is 24.6 Å². The summed E-state index contributed by atoms with van der Waals surface area (Å²) < 4.78 is 0. The molecular formula is C25H29N3O5. The van der Waals surface area contributed by atoms with E-state index < -0.39 is 24.0 Å². The Morgan fingerprint density at radius 2 is 1.67 bits per heavy atom. The summed E-state index contributed by atoms with van der Waals surface area (Å²) in [4.78, 5) is 40.8. The smallest absolute Gasteiger partial charge is 0.255 e. The lowest BCUT2D eigenvalue weighted by Crippen LogP contribution is -2.50. The van der Waals surface area contributed by atoms with E-state index in [0.29, 0.717) is 32.6 Å². The summed E-state index contributed by atoms with van der Waals surface area (Å²) in [6, 6.07) is 15.4. The number of aryl methyl sites for hydroxylation is 1. The second-order valence-electron chi connectivity index (χ2n) is 8.67. The number of carbonyl (C=O) groups is 3. The van der Waals surface area contributed by atoms with Gasteiger partial charge in [-0.2, -0.15) is 0 Å². The van der Waals surface area contributed by atoms with E-state index in [2.05, 4.69) is 5.32 Å². The summed E-state index contributed by atoms with van der Waals surface area (Å²) in [5.41, 5.74) is 4.07. The fourth-order valence-corrected chi connectivity index (χ4v) is 4.60. The fourth-order valence-electron chi connectivity index (χ4n) is 4.60. The van der Waals surface area contributed by atoms with Crippen LogP contribution >= 0.6 is 0 Å². The molecule has 1 unspecified atom stereocenters. The highest BCUT2D eigenvalue weighted by Crippen LogP contribution is 2.30. The van der Waals surface area contributed by atoms with Crippen molar-refractivity contribution in [2.75, 3.05) is 19.6 Å². The molecule has 2 heterocycles. The molecule has 8 nitrogen and oxygen atoms in total. The van der Waals surface area contributed by atoms with Crippen molar-refractivity contribution in [1.29, 1.82) is 0 Å². The van der Waals surface area contributed by atoms with E-state index in [1.54, 1.807) is 4.90 Å². The fraction of sp³-hybridized carbons (Fsp3) is 0.400. The highest BCUT2D eigenvalue weighted by molar-refractivity contribution is 5.91. The number of carbonyl (C=O) groups excluding carboxylic acids is 3. The molecule has 1 fully saturated rings. The van der Waals surface area contributed by atoms with Crippen molar-refractivity contribution in [2.45, 2.75) is 44.6 Å². The zero-order valence-corrected chi connectivity index (χ0v) is 18.6. The van der Waals surface area contributed by atoms with Gasteiger partial charge in [-0.25, -0.2) is 0 Å². The van der Waals surface area contributed by atoms with Crippen LogP contribution in [0, 0.1) is 6.92 Å². The quantitative estimate of drug-likeness (QED) is 0.574. The van der Waals surface area contributed by atoms with Crippen molar-refractivity contribution in [1.82, 2.24) is 15.1 Å². The van der Waals surface area contributed by atoms with Crippen LogP contribution in [0.2, 0.25) is 0 Å². The molecule has 0 bridgehead atoms. The summed E-state index contributed by atoms with van der Waals surface area (Å²) >= 11 is 0. The third kappa shape index (κ3) is 4.77. The second kappa shape index (κ2) is 9.72. The van der Waals surface area contributed by atoms with Gasteiger partial charge in [0.25, 0.3) is 11.8 Å². The van der Waals surface area contributed by atoms with Gasteiger partial charge in [0.2, 0.25) is 5.91 Å². The van der Waals surface area contributed by atoms with Crippen LogP contribution in [0.4, 0.5) is 0 Å². The molecule has 1 saturated heterocycles. The van der Waals surface area contributed by atoms with Gasteiger partial charge in [0.1, 0.15) is 0 Å². The number of aliphatic hydroxyl groups excluding tert-OH is 2. The second-order valence-corrected chi connectivity index (χ2v) is 8.67. The Hall–Kier alpha value is -3.23. The highest BCUT2D eigenvalue weighted by atomic mass is 16.3. The van der Waals surface area contributed by atoms with Crippen LogP contribution in [0.5, 0.6) is 0 Å². The molecule has 0 aromatic heterocycles. The Bertz CT molecular complexity index is 1030. The van der Waals surface area contributed by atoms with Gasteiger partial charge in [0.05, 0.1) is 5.92 Å². The first-order chi connectivity index (χ1) is 15.9. The summed E-state index contributed by atoms with van der Waals surface area (Å²) in [6.45, 7) is 3.66. The number of fused-ring (bicyclic) bond motifs is 1. The molecule has 8 heteroatoms. The molecular weight excluding hydrogens is 422 g/mol. The van der Waals surface area contributed by atoms with Crippen molar-refractivity contribution in [3.63, 3.8) is 0 Å². The molecule has 0 spiro atoms. The van der Waals surface area contributed by atoms with Crippen molar-refractivity contribution in [3.8, 4) is 0 Å². The van der Waals surface area contributed by atoms with Crippen LogP contribution in [0.25, 0.3) is 0 Å². The molecule has 3 atom stereocenters. The number of benzene rings is 2. The summed E-state index contributed by atoms with van der Waals surface area (Å²) in [5, 5.41) is 23.0. The van der Waals surface area contributed by atoms with E-state index in [-0.39, 0.29) is 18.4 Å². The molecule has 174 valence electrons. The maximum atomic E-state index is 12.8. The van der Waals surface area contributed by atoms with Crippen LogP contribution in [0.1, 0.15) is 34.6 Å². The number of nitrogens with one attached hydrogen (secondary N) is 1. The average molecular weight is 452 g/mol. The van der Waals surface area contributed by atoms with E-state index in [1.807, 2.05) is 55.5 Å². The van der Waals surface area contributed by atoms with Gasteiger partial charge in [-0.15, -0.1) is 0 Å². The van der Waals surface area contributed by atoms with Crippen molar-refractivity contribution < 1.29 is 24.6 Å². The molecule has 3 amide bonds. The first-order valence-corrected chi connectivity index (χ1v) is 11.2. The lowest BCUT2D eigenvalue weighted by Gasteiger charge is -2.23. The monoisotopic (exact) mass is 451 g/mol. The van der Waals surface area contributed by atoms with Gasteiger partial charge in [-0.05, 0) is 35.6 Å². The van der Waals surface area contributed by atoms with E-state index in [0.717, 1.165) is 22.3 Å². The Morgan fingerprint density at radius 1 is 1.03 bits per heavy atom. The lowest BCUT2D eigenvalue weighted by molar-refractivity contribution is -0.153. The topological polar surface area (TPSA) is 110 Å². The van der Waals surface area contributed by atoms with Gasteiger partial charge >= 0.3 is 0 Å². The summed E-state index contributed by atoms with van der Waals surface area (Å²) in [5.74, 6) is -1.70. The SMILES string of the molecule is Cc1ccccc1C1CCN(CCNC(=O)[C@H](O)[C@@H](O)C(=O)N2Cc3ccccc3C2)C1=O. The van der Waals surface area contributed by atoms with Gasteiger partial charge in [-0.1, -0.05) is 48.5 Å².